The number of hydrogen-bond donors (Lipinski definition) is 0. The third-order valence-corrected chi connectivity index (χ3v) is 12.3. The average molecular weight is 470 g/mol. The molecule has 1 saturated heterocycles. The van der Waals surface area contributed by atoms with Gasteiger partial charge >= 0.3 is 0 Å². The Hall–Kier alpha value is -1.17. The van der Waals surface area contributed by atoms with Crippen molar-refractivity contribution in [3.63, 3.8) is 0 Å². The zero-order chi connectivity index (χ0) is 23.0. The first-order chi connectivity index (χ1) is 15.7. The van der Waals surface area contributed by atoms with Crippen LogP contribution in [0.2, 0.25) is 0 Å². The minimum atomic E-state index is -3.71. The molecule has 5 heteroatoms. The molecule has 1 aliphatic heterocycles. The van der Waals surface area contributed by atoms with Crippen LogP contribution in [0.1, 0.15) is 65.2 Å². The molecule has 0 amide bonds. The van der Waals surface area contributed by atoms with E-state index < -0.39 is 10.1 Å². The van der Waals surface area contributed by atoms with Crippen molar-refractivity contribution in [1.82, 2.24) is 4.90 Å². The van der Waals surface area contributed by atoms with Gasteiger partial charge in [0.2, 0.25) is 0 Å². The Balaban J connectivity index is 1.22. The van der Waals surface area contributed by atoms with Crippen LogP contribution in [0, 0.1) is 34.5 Å². The zero-order valence-electron chi connectivity index (χ0n) is 20.4. The van der Waals surface area contributed by atoms with Crippen molar-refractivity contribution < 1.29 is 12.6 Å². The second kappa shape index (κ2) is 7.66. The van der Waals surface area contributed by atoms with Crippen molar-refractivity contribution in [2.75, 3.05) is 13.6 Å². The van der Waals surface area contributed by atoms with Crippen LogP contribution in [0.15, 0.2) is 46.9 Å². The third kappa shape index (κ3) is 3.25. The largest absolute Gasteiger partial charge is 0.303 e. The summed E-state index contributed by atoms with van der Waals surface area (Å²) in [6.07, 6.45) is 11.7. The van der Waals surface area contributed by atoms with Crippen molar-refractivity contribution in [1.29, 1.82) is 0 Å². The first-order valence-corrected chi connectivity index (χ1v) is 14.5. The molecule has 1 heterocycles. The summed E-state index contributed by atoms with van der Waals surface area (Å²) in [4.78, 5) is 2.90. The molecule has 4 nitrogen and oxygen atoms in total. The highest BCUT2D eigenvalue weighted by atomic mass is 32.2. The summed E-state index contributed by atoms with van der Waals surface area (Å²) in [5, 5.41) is 0. The molecule has 33 heavy (non-hydrogen) atoms. The van der Waals surface area contributed by atoms with E-state index in [1.54, 1.807) is 24.3 Å². The Bertz CT molecular complexity index is 1050. The summed E-state index contributed by atoms with van der Waals surface area (Å²) in [5.41, 5.74) is 2.25. The van der Waals surface area contributed by atoms with Gasteiger partial charge in [0.25, 0.3) is 10.1 Å². The van der Waals surface area contributed by atoms with Crippen molar-refractivity contribution in [3.05, 3.63) is 42.0 Å². The van der Waals surface area contributed by atoms with Gasteiger partial charge in [0.1, 0.15) is 0 Å². The maximum Gasteiger partial charge on any atom is 0.297 e. The van der Waals surface area contributed by atoms with Crippen molar-refractivity contribution in [2.24, 2.45) is 34.5 Å². The van der Waals surface area contributed by atoms with Gasteiger partial charge in [0, 0.05) is 12.6 Å². The fraction of sp³-hybridized carbons (Fsp3) is 0.714. The lowest BCUT2D eigenvalue weighted by Crippen LogP contribution is -2.51. The van der Waals surface area contributed by atoms with Crippen molar-refractivity contribution in [2.45, 2.75) is 82.3 Å². The van der Waals surface area contributed by atoms with Crippen LogP contribution >= 0.6 is 0 Å². The van der Waals surface area contributed by atoms with Crippen LogP contribution in [0.3, 0.4) is 0 Å². The number of fused-ring (bicyclic) bond motifs is 4. The van der Waals surface area contributed by atoms with Gasteiger partial charge in [-0.2, -0.15) is 8.42 Å². The second-order valence-electron chi connectivity index (χ2n) is 12.1. The minimum Gasteiger partial charge on any atom is -0.303 e. The highest BCUT2D eigenvalue weighted by Crippen LogP contribution is 2.68. The minimum absolute atomic E-state index is 0.217. The van der Waals surface area contributed by atoms with E-state index in [2.05, 4.69) is 31.9 Å². The average Bonchev–Trinajstić information content (AvgIpc) is 3.28. The van der Waals surface area contributed by atoms with E-state index >= 15 is 0 Å². The molecule has 0 N–H and O–H groups in total. The highest BCUT2D eigenvalue weighted by Gasteiger charge is 2.64. The molecular weight excluding hydrogens is 430 g/mol. The van der Waals surface area contributed by atoms with Crippen LogP contribution in [0.5, 0.6) is 0 Å². The van der Waals surface area contributed by atoms with Gasteiger partial charge < -0.3 is 4.90 Å². The lowest BCUT2D eigenvalue weighted by Gasteiger charge is -2.58. The van der Waals surface area contributed by atoms with Gasteiger partial charge in [-0.25, -0.2) is 0 Å². The van der Waals surface area contributed by atoms with Gasteiger partial charge in [0.15, 0.2) is 0 Å². The SMILES string of the molecule is CC1C2CCC3C4CC=C5CC(OS(=O)(=O)c6ccccc6)CCC5(C)C4CCC32CN1C. The summed E-state index contributed by atoms with van der Waals surface area (Å²) in [5.74, 6) is 3.32. The number of allylic oxidation sites excluding steroid dienone is 1. The Morgan fingerprint density at radius 2 is 1.76 bits per heavy atom. The number of benzene rings is 1. The van der Waals surface area contributed by atoms with Crippen LogP contribution in [-0.4, -0.2) is 39.1 Å². The maximum absolute atomic E-state index is 12.8. The van der Waals surface area contributed by atoms with Crippen LogP contribution in [0.25, 0.3) is 0 Å². The first-order valence-electron chi connectivity index (χ1n) is 13.1. The molecule has 8 unspecified atom stereocenters. The van der Waals surface area contributed by atoms with E-state index in [0.717, 1.165) is 49.0 Å². The topological polar surface area (TPSA) is 46.6 Å². The molecule has 5 aliphatic rings. The third-order valence-electron chi connectivity index (χ3n) is 11.0. The number of likely N-dealkylation sites (tertiary alicyclic amines) is 1. The van der Waals surface area contributed by atoms with Crippen molar-refractivity contribution in [3.8, 4) is 0 Å². The molecular formula is C28H39NO3S. The number of hydrogen-bond acceptors (Lipinski definition) is 4. The van der Waals surface area contributed by atoms with Gasteiger partial charge in [-0.1, -0.05) is 36.8 Å². The summed E-state index contributed by atoms with van der Waals surface area (Å²) in [7, 11) is -1.37. The molecule has 3 saturated carbocycles. The van der Waals surface area contributed by atoms with E-state index in [1.807, 2.05) is 6.07 Å². The standard InChI is InChI=1S/C28H39NO3S/c1-19-24-11-12-26-23-10-9-20-17-21(32-33(30,31)22-7-5-4-6-8-22)13-15-27(20,2)25(23)14-16-28(24,26)18-29(19)3/h4-9,19,21,23-26H,10-18H2,1-3H3. The molecule has 0 bridgehead atoms. The monoisotopic (exact) mass is 469 g/mol. The van der Waals surface area contributed by atoms with Crippen LogP contribution in [0.4, 0.5) is 0 Å². The molecule has 0 radical (unpaired) electrons. The molecule has 4 fully saturated rings. The van der Waals surface area contributed by atoms with Crippen LogP contribution < -0.4 is 0 Å². The molecule has 1 spiro atoms. The lowest BCUT2D eigenvalue weighted by atomic mass is 9.47. The van der Waals surface area contributed by atoms with Gasteiger partial charge in [-0.05, 0) is 112 Å². The van der Waals surface area contributed by atoms with Crippen molar-refractivity contribution >= 4 is 10.1 Å². The smallest absolute Gasteiger partial charge is 0.297 e. The molecule has 1 aromatic carbocycles. The summed E-state index contributed by atoms with van der Waals surface area (Å²) in [6.45, 7) is 6.25. The van der Waals surface area contributed by atoms with E-state index in [0.29, 0.717) is 5.41 Å². The van der Waals surface area contributed by atoms with Gasteiger partial charge in [-0.3, -0.25) is 4.18 Å². The number of nitrogens with zero attached hydrogens (tertiary/aromatic N) is 1. The first kappa shape index (κ1) is 22.3. The highest BCUT2D eigenvalue weighted by molar-refractivity contribution is 7.86. The van der Waals surface area contributed by atoms with E-state index in [9.17, 15) is 8.42 Å². The summed E-state index contributed by atoms with van der Waals surface area (Å²) < 4.78 is 31.4. The van der Waals surface area contributed by atoms with Gasteiger partial charge in [0.05, 0.1) is 11.0 Å². The van der Waals surface area contributed by atoms with E-state index in [-0.39, 0.29) is 16.4 Å². The normalized spacial score (nSPS) is 45.0. The zero-order valence-corrected chi connectivity index (χ0v) is 21.2. The molecule has 0 aromatic heterocycles. The Labute approximate surface area is 199 Å². The van der Waals surface area contributed by atoms with E-state index in [4.69, 9.17) is 4.18 Å². The fourth-order valence-corrected chi connectivity index (χ4v) is 10.5. The molecule has 180 valence electrons. The predicted molar refractivity (Wildman–Crippen MR) is 130 cm³/mol. The Morgan fingerprint density at radius 1 is 1.00 bits per heavy atom. The molecule has 6 rings (SSSR count). The number of rotatable bonds is 3. The molecule has 8 atom stereocenters. The quantitative estimate of drug-likeness (QED) is 0.424. The fourth-order valence-electron chi connectivity index (χ4n) is 9.33. The predicted octanol–water partition coefficient (Wildman–Crippen LogP) is 5.65. The van der Waals surface area contributed by atoms with Crippen LogP contribution in [-0.2, 0) is 14.3 Å². The van der Waals surface area contributed by atoms with Gasteiger partial charge in [-0.15, -0.1) is 0 Å². The summed E-state index contributed by atoms with van der Waals surface area (Å²) in [6, 6.07) is 9.33. The Morgan fingerprint density at radius 3 is 2.55 bits per heavy atom. The lowest BCUT2D eigenvalue weighted by molar-refractivity contribution is -0.0457. The summed E-state index contributed by atoms with van der Waals surface area (Å²) >= 11 is 0. The molecule has 4 aliphatic carbocycles. The second-order valence-corrected chi connectivity index (χ2v) is 13.7. The van der Waals surface area contributed by atoms with E-state index in [1.165, 1.54) is 44.2 Å². The Kier molecular flexibility index (Phi) is 5.18. The molecule has 1 aromatic rings. The maximum atomic E-state index is 12.8.